The molecule has 4 heteroatoms. The van der Waals surface area contributed by atoms with E-state index in [1.165, 1.54) is 6.42 Å². The van der Waals surface area contributed by atoms with E-state index >= 15 is 0 Å². The fraction of sp³-hybridized carbons (Fsp3) is 0.583. The van der Waals surface area contributed by atoms with Gasteiger partial charge in [0.15, 0.2) is 0 Å². The van der Waals surface area contributed by atoms with Crippen LogP contribution in [0.3, 0.4) is 0 Å². The van der Waals surface area contributed by atoms with Gasteiger partial charge in [0.05, 0.1) is 22.9 Å². The van der Waals surface area contributed by atoms with Gasteiger partial charge in [-0.1, -0.05) is 24.4 Å². The van der Waals surface area contributed by atoms with E-state index < -0.39 is 0 Å². The highest BCUT2D eigenvalue weighted by molar-refractivity contribution is 6.33. The topological polar surface area (TPSA) is 36.4 Å². The van der Waals surface area contributed by atoms with E-state index in [2.05, 4.69) is 9.88 Å². The van der Waals surface area contributed by atoms with Gasteiger partial charge in [-0.3, -0.25) is 4.98 Å². The molecule has 16 heavy (non-hydrogen) atoms. The summed E-state index contributed by atoms with van der Waals surface area (Å²) in [6.45, 7) is 0. The standard InChI is InChI=1S/C12H17ClN2O/c1-15(10-6-7-14-8-9(10)13)11-4-2-3-5-12(11)16/h6-8,11-12,16H,2-5H2,1H3. The molecule has 2 unspecified atom stereocenters. The second-order valence-corrected chi connectivity index (χ2v) is 4.76. The summed E-state index contributed by atoms with van der Waals surface area (Å²) in [5.41, 5.74) is 0.947. The molecular formula is C12H17ClN2O. The van der Waals surface area contributed by atoms with E-state index in [0.717, 1.165) is 24.9 Å². The minimum atomic E-state index is -0.247. The van der Waals surface area contributed by atoms with Crippen molar-refractivity contribution in [3.05, 3.63) is 23.5 Å². The summed E-state index contributed by atoms with van der Waals surface area (Å²) in [5.74, 6) is 0. The molecule has 0 radical (unpaired) electrons. The van der Waals surface area contributed by atoms with Crippen LogP contribution in [0, 0.1) is 0 Å². The van der Waals surface area contributed by atoms with E-state index in [1.807, 2.05) is 13.1 Å². The Bertz CT molecular complexity index is 359. The van der Waals surface area contributed by atoms with Crippen LogP contribution in [0.25, 0.3) is 0 Å². The Hall–Kier alpha value is -0.800. The summed E-state index contributed by atoms with van der Waals surface area (Å²) < 4.78 is 0. The van der Waals surface area contributed by atoms with Gasteiger partial charge in [0.2, 0.25) is 0 Å². The van der Waals surface area contributed by atoms with E-state index in [-0.39, 0.29) is 12.1 Å². The van der Waals surface area contributed by atoms with Crippen molar-refractivity contribution >= 4 is 17.3 Å². The van der Waals surface area contributed by atoms with Crippen LogP contribution in [0.15, 0.2) is 18.5 Å². The molecule has 1 aromatic heterocycles. The number of hydrogen-bond acceptors (Lipinski definition) is 3. The van der Waals surface area contributed by atoms with Crippen LogP contribution in [-0.4, -0.2) is 29.3 Å². The van der Waals surface area contributed by atoms with Gasteiger partial charge in [-0.25, -0.2) is 0 Å². The Labute approximate surface area is 101 Å². The molecule has 0 amide bonds. The molecule has 3 nitrogen and oxygen atoms in total. The second-order valence-electron chi connectivity index (χ2n) is 4.36. The number of anilines is 1. The van der Waals surface area contributed by atoms with E-state index in [4.69, 9.17) is 11.6 Å². The zero-order chi connectivity index (χ0) is 11.5. The van der Waals surface area contributed by atoms with Crippen molar-refractivity contribution in [3.63, 3.8) is 0 Å². The lowest BCUT2D eigenvalue weighted by Crippen LogP contribution is -2.43. The molecule has 1 saturated carbocycles. The number of pyridine rings is 1. The van der Waals surface area contributed by atoms with Crippen LogP contribution >= 0.6 is 11.6 Å². The molecule has 0 bridgehead atoms. The summed E-state index contributed by atoms with van der Waals surface area (Å²) in [6.07, 6.45) is 7.33. The molecule has 1 aliphatic rings. The van der Waals surface area contributed by atoms with Crippen LogP contribution in [0.1, 0.15) is 25.7 Å². The maximum absolute atomic E-state index is 9.99. The smallest absolute Gasteiger partial charge is 0.0822 e. The third-order valence-corrected chi connectivity index (χ3v) is 3.61. The van der Waals surface area contributed by atoms with Crippen molar-refractivity contribution in [3.8, 4) is 0 Å². The Morgan fingerprint density at radius 2 is 2.19 bits per heavy atom. The van der Waals surface area contributed by atoms with Crippen molar-refractivity contribution in [1.82, 2.24) is 4.98 Å². The summed E-state index contributed by atoms with van der Waals surface area (Å²) >= 11 is 6.10. The van der Waals surface area contributed by atoms with Crippen molar-refractivity contribution in [1.29, 1.82) is 0 Å². The van der Waals surface area contributed by atoms with Gasteiger partial charge in [0.25, 0.3) is 0 Å². The molecule has 0 saturated heterocycles. The normalized spacial score (nSPS) is 25.4. The summed E-state index contributed by atoms with van der Waals surface area (Å²) in [7, 11) is 1.99. The number of halogens is 1. The molecule has 88 valence electrons. The number of hydrogen-bond donors (Lipinski definition) is 1. The highest BCUT2D eigenvalue weighted by Gasteiger charge is 2.27. The molecule has 2 rings (SSSR count). The summed E-state index contributed by atoms with van der Waals surface area (Å²) in [4.78, 5) is 6.05. The lowest BCUT2D eigenvalue weighted by Gasteiger charge is -2.36. The minimum absolute atomic E-state index is 0.175. The first-order chi connectivity index (χ1) is 7.70. The molecular weight excluding hydrogens is 224 g/mol. The number of aliphatic hydroxyl groups is 1. The average Bonchev–Trinajstić information content (AvgIpc) is 2.29. The number of nitrogens with zero attached hydrogens (tertiary/aromatic N) is 2. The molecule has 1 heterocycles. The number of aliphatic hydroxyl groups excluding tert-OH is 1. The second kappa shape index (κ2) is 5.02. The SMILES string of the molecule is CN(c1ccncc1Cl)C1CCCCC1O. The Kier molecular flexibility index (Phi) is 3.66. The highest BCUT2D eigenvalue weighted by Crippen LogP contribution is 2.30. The number of likely N-dealkylation sites (N-methyl/N-ethyl adjacent to an activating group) is 1. The van der Waals surface area contributed by atoms with Gasteiger partial charge in [0, 0.05) is 19.4 Å². The Balaban J connectivity index is 2.17. The van der Waals surface area contributed by atoms with Crippen molar-refractivity contribution < 1.29 is 5.11 Å². The molecule has 0 aliphatic heterocycles. The first-order valence-corrected chi connectivity index (χ1v) is 6.08. The molecule has 0 spiro atoms. The number of rotatable bonds is 2. The molecule has 1 fully saturated rings. The largest absolute Gasteiger partial charge is 0.391 e. The van der Waals surface area contributed by atoms with Crippen molar-refractivity contribution in [2.45, 2.75) is 37.8 Å². The molecule has 0 aromatic carbocycles. The summed E-state index contributed by atoms with van der Waals surface area (Å²) in [5, 5.41) is 10.6. The predicted molar refractivity (Wildman–Crippen MR) is 65.9 cm³/mol. The molecule has 1 N–H and O–H groups in total. The lowest BCUT2D eigenvalue weighted by molar-refractivity contribution is 0.106. The van der Waals surface area contributed by atoms with E-state index in [9.17, 15) is 5.11 Å². The van der Waals surface area contributed by atoms with Gasteiger partial charge in [0.1, 0.15) is 0 Å². The van der Waals surface area contributed by atoms with Gasteiger partial charge in [-0.15, -0.1) is 0 Å². The highest BCUT2D eigenvalue weighted by atomic mass is 35.5. The predicted octanol–water partition coefficient (Wildman–Crippen LogP) is 2.47. The van der Waals surface area contributed by atoms with Gasteiger partial charge < -0.3 is 10.0 Å². The van der Waals surface area contributed by atoms with Crippen LogP contribution in [0.5, 0.6) is 0 Å². The Morgan fingerprint density at radius 1 is 1.44 bits per heavy atom. The average molecular weight is 241 g/mol. The number of aromatic nitrogens is 1. The van der Waals surface area contributed by atoms with Crippen molar-refractivity contribution in [2.75, 3.05) is 11.9 Å². The van der Waals surface area contributed by atoms with Crippen LogP contribution in [-0.2, 0) is 0 Å². The molecule has 1 aromatic rings. The van der Waals surface area contributed by atoms with Gasteiger partial charge >= 0.3 is 0 Å². The zero-order valence-electron chi connectivity index (χ0n) is 9.43. The molecule has 1 aliphatic carbocycles. The maximum Gasteiger partial charge on any atom is 0.0822 e. The fourth-order valence-electron chi connectivity index (χ4n) is 2.38. The first-order valence-electron chi connectivity index (χ1n) is 5.70. The zero-order valence-corrected chi connectivity index (χ0v) is 10.2. The van der Waals surface area contributed by atoms with E-state index in [0.29, 0.717) is 5.02 Å². The quantitative estimate of drug-likeness (QED) is 0.863. The Morgan fingerprint density at radius 3 is 2.88 bits per heavy atom. The van der Waals surface area contributed by atoms with Gasteiger partial charge in [-0.2, -0.15) is 0 Å². The lowest BCUT2D eigenvalue weighted by atomic mass is 9.91. The summed E-state index contributed by atoms with van der Waals surface area (Å²) in [6, 6.07) is 2.07. The maximum atomic E-state index is 9.99. The van der Waals surface area contributed by atoms with Crippen LogP contribution in [0.2, 0.25) is 5.02 Å². The fourth-order valence-corrected chi connectivity index (χ4v) is 2.63. The van der Waals surface area contributed by atoms with Crippen LogP contribution < -0.4 is 4.90 Å². The third-order valence-electron chi connectivity index (χ3n) is 3.32. The van der Waals surface area contributed by atoms with E-state index in [1.54, 1.807) is 12.4 Å². The third kappa shape index (κ3) is 2.30. The minimum Gasteiger partial charge on any atom is -0.391 e. The molecule has 2 atom stereocenters. The first kappa shape index (κ1) is 11.7. The van der Waals surface area contributed by atoms with Crippen LogP contribution in [0.4, 0.5) is 5.69 Å². The van der Waals surface area contributed by atoms with Gasteiger partial charge in [-0.05, 0) is 18.9 Å². The van der Waals surface area contributed by atoms with Crippen molar-refractivity contribution in [2.24, 2.45) is 0 Å². The monoisotopic (exact) mass is 240 g/mol.